The van der Waals surface area contributed by atoms with E-state index in [0.29, 0.717) is 26.0 Å². The van der Waals surface area contributed by atoms with Gasteiger partial charge < -0.3 is 14.8 Å². The van der Waals surface area contributed by atoms with Crippen LogP contribution < -0.4 is 5.32 Å². The van der Waals surface area contributed by atoms with Crippen molar-refractivity contribution in [3.05, 3.63) is 35.4 Å². The summed E-state index contributed by atoms with van der Waals surface area (Å²) in [6.45, 7) is 3.65. The number of ether oxygens (including phenoxy) is 1. The van der Waals surface area contributed by atoms with Gasteiger partial charge in [-0.15, -0.1) is 0 Å². The van der Waals surface area contributed by atoms with Crippen LogP contribution in [-0.4, -0.2) is 36.5 Å². The molecule has 0 spiro atoms. The number of hydrogen-bond acceptors (Lipinski definition) is 5. The highest BCUT2D eigenvalue weighted by atomic mass is 16.5. The molecule has 0 saturated heterocycles. The lowest BCUT2D eigenvalue weighted by Gasteiger charge is -2.07. The van der Waals surface area contributed by atoms with Crippen LogP contribution >= 0.6 is 0 Å². The van der Waals surface area contributed by atoms with Crippen molar-refractivity contribution >= 4 is 23.3 Å². The predicted octanol–water partition coefficient (Wildman–Crippen LogP) is 1.78. The average molecular weight is 347 g/mol. The molecule has 0 fully saturated rings. The molecule has 1 rings (SSSR count). The molecule has 0 saturated carbocycles. The fraction of sp³-hybridized carbons (Fsp3) is 0.474. The molecule has 136 valence electrons. The first-order valence-corrected chi connectivity index (χ1v) is 8.29. The first kappa shape index (κ1) is 20.7. The van der Waals surface area contributed by atoms with E-state index in [0.717, 1.165) is 11.1 Å². The lowest BCUT2D eigenvalue weighted by atomic mass is 10.0. The highest BCUT2D eigenvalue weighted by Gasteiger charge is 2.07. The van der Waals surface area contributed by atoms with Crippen molar-refractivity contribution < 1.29 is 23.9 Å². The molecule has 0 aliphatic carbocycles. The molecule has 1 aromatic carbocycles. The second-order valence-electron chi connectivity index (χ2n) is 6.05. The normalized spacial score (nSPS) is 10.3. The Bertz CT molecular complexity index is 607. The van der Waals surface area contributed by atoms with Crippen molar-refractivity contribution in [3.8, 4) is 0 Å². The second-order valence-corrected chi connectivity index (χ2v) is 6.05. The van der Waals surface area contributed by atoms with Crippen LogP contribution in [0.1, 0.15) is 44.2 Å². The fourth-order valence-corrected chi connectivity index (χ4v) is 2.18. The molecule has 6 nitrogen and oxygen atoms in total. The number of hydrogen-bond donors (Lipinski definition) is 1. The molecule has 1 aromatic rings. The van der Waals surface area contributed by atoms with Gasteiger partial charge in [0, 0.05) is 26.0 Å². The summed E-state index contributed by atoms with van der Waals surface area (Å²) in [7, 11) is 0. The third-order valence-corrected chi connectivity index (χ3v) is 3.41. The van der Waals surface area contributed by atoms with E-state index in [-0.39, 0.29) is 42.7 Å². The van der Waals surface area contributed by atoms with Gasteiger partial charge in [0.1, 0.15) is 24.0 Å². The summed E-state index contributed by atoms with van der Waals surface area (Å²) < 4.78 is 5.20. The van der Waals surface area contributed by atoms with Gasteiger partial charge in [-0.25, -0.2) is 0 Å². The third-order valence-electron chi connectivity index (χ3n) is 3.41. The molecular weight excluding hydrogens is 322 g/mol. The highest BCUT2D eigenvalue weighted by Crippen LogP contribution is 2.07. The minimum Gasteiger partial charge on any atom is -0.372 e. The smallest absolute Gasteiger partial charge is 0.246 e. The molecule has 1 N–H and O–H groups in total. The standard InChI is InChI=1S/C19H25NO5/c1-14(21)4-3-9-25-13-19(24)20-12-17-7-5-16(6-8-17)11-18(23)10-15(2)22/h5-8H,3-4,9-13H2,1-2H3,(H,20,24). The van der Waals surface area contributed by atoms with Crippen LogP contribution in [0.25, 0.3) is 0 Å². The van der Waals surface area contributed by atoms with Crippen molar-refractivity contribution in [3.63, 3.8) is 0 Å². The van der Waals surface area contributed by atoms with Gasteiger partial charge in [0.05, 0.1) is 6.42 Å². The number of Topliss-reactive ketones (excluding diaryl/α,β-unsaturated/α-hetero) is 3. The summed E-state index contributed by atoms with van der Waals surface area (Å²) in [5, 5.41) is 2.74. The maximum atomic E-state index is 11.6. The molecule has 0 atom stereocenters. The summed E-state index contributed by atoms with van der Waals surface area (Å²) in [4.78, 5) is 44.9. The van der Waals surface area contributed by atoms with Crippen molar-refractivity contribution in [2.24, 2.45) is 0 Å². The Labute approximate surface area is 147 Å². The number of nitrogens with one attached hydrogen (secondary N) is 1. The van der Waals surface area contributed by atoms with Crippen LogP contribution in [0.4, 0.5) is 0 Å². The van der Waals surface area contributed by atoms with Crippen LogP contribution in [0.5, 0.6) is 0 Å². The lowest BCUT2D eigenvalue weighted by molar-refractivity contribution is -0.126. The molecule has 1 amide bonds. The van der Waals surface area contributed by atoms with Crippen LogP contribution in [0.15, 0.2) is 24.3 Å². The van der Waals surface area contributed by atoms with E-state index in [1.54, 1.807) is 0 Å². The summed E-state index contributed by atoms with van der Waals surface area (Å²) in [6, 6.07) is 7.31. The number of amides is 1. The van der Waals surface area contributed by atoms with Gasteiger partial charge in [0.25, 0.3) is 0 Å². The summed E-state index contributed by atoms with van der Waals surface area (Å²) in [6.07, 6.45) is 1.28. The van der Waals surface area contributed by atoms with Crippen molar-refractivity contribution in [2.45, 2.75) is 46.1 Å². The average Bonchev–Trinajstić information content (AvgIpc) is 2.52. The van der Waals surface area contributed by atoms with E-state index in [1.165, 1.54) is 13.8 Å². The topological polar surface area (TPSA) is 89.5 Å². The summed E-state index contributed by atoms with van der Waals surface area (Å²) >= 11 is 0. The maximum absolute atomic E-state index is 11.6. The maximum Gasteiger partial charge on any atom is 0.246 e. The van der Waals surface area contributed by atoms with Gasteiger partial charge in [0.15, 0.2) is 0 Å². The van der Waals surface area contributed by atoms with Crippen LogP contribution in [-0.2, 0) is 36.9 Å². The number of ketones is 3. The Kier molecular flexibility index (Phi) is 9.32. The van der Waals surface area contributed by atoms with Crippen LogP contribution in [0.3, 0.4) is 0 Å². The zero-order chi connectivity index (χ0) is 18.7. The Hall–Kier alpha value is -2.34. The molecule has 0 aliphatic heterocycles. The van der Waals surface area contributed by atoms with Gasteiger partial charge >= 0.3 is 0 Å². The first-order chi connectivity index (χ1) is 11.9. The Morgan fingerprint density at radius 1 is 0.960 bits per heavy atom. The van der Waals surface area contributed by atoms with Gasteiger partial charge in [-0.2, -0.15) is 0 Å². The molecule has 0 aliphatic rings. The molecule has 25 heavy (non-hydrogen) atoms. The van der Waals surface area contributed by atoms with E-state index in [1.807, 2.05) is 24.3 Å². The largest absolute Gasteiger partial charge is 0.372 e. The Morgan fingerprint density at radius 3 is 2.20 bits per heavy atom. The molecule has 0 unspecified atom stereocenters. The predicted molar refractivity (Wildman–Crippen MR) is 93.0 cm³/mol. The number of carbonyl (C=O) groups excluding carboxylic acids is 4. The Balaban J connectivity index is 2.26. The van der Waals surface area contributed by atoms with Crippen LogP contribution in [0.2, 0.25) is 0 Å². The molecule has 0 heterocycles. The van der Waals surface area contributed by atoms with E-state index < -0.39 is 0 Å². The van der Waals surface area contributed by atoms with E-state index >= 15 is 0 Å². The summed E-state index contributed by atoms with van der Waals surface area (Å²) in [5.74, 6) is -0.341. The van der Waals surface area contributed by atoms with Crippen molar-refractivity contribution in [1.29, 1.82) is 0 Å². The number of rotatable bonds is 12. The zero-order valence-corrected chi connectivity index (χ0v) is 14.8. The van der Waals surface area contributed by atoms with Crippen molar-refractivity contribution in [2.75, 3.05) is 13.2 Å². The lowest BCUT2D eigenvalue weighted by Crippen LogP contribution is -2.27. The monoisotopic (exact) mass is 347 g/mol. The minimum absolute atomic E-state index is 0.0322. The van der Waals surface area contributed by atoms with Gasteiger partial charge in [-0.3, -0.25) is 14.4 Å². The second kappa shape index (κ2) is 11.3. The quantitative estimate of drug-likeness (QED) is 0.460. The fourth-order valence-electron chi connectivity index (χ4n) is 2.18. The number of benzene rings is 1. The molecule has 0 radical (unpaired) electrons. The molecule has 0 aromatic heterocycles. The van der Waals surface area contributed by atoms with Crippen molar-refractivity contribution in [1.82, 2.24) is 5.32 Å². The van der Waals surface area contributed by atoms with Gasteiger partial charge in [0.2, 0.25) is 5.91 Å². The molecule has 0 bridgehead atoms. The first-order valence-electron chi connectivity index (χ1n) is 8.29. The van der Waals surface area contributed by atoms with Gasteiger partial charge in [-0.05, 0) is 31.4 Å². The van der Waals surface area contributed by atoms with E-state index in [4.69, 9.17) is 4.74 Å². The van der Waals surface area contributed by atoms with Gasteiger partial charge in [-0.1, -0.05) is 24.3 Å². The highest BCUT2D eigenvalue weighted by molar-refractivity contribution is 5.98. The molecular formula is C19H25NO5. The summed E-state index contributed by atoms with van der Waals surface area (Å²) in [5.41, 5.74) is 1.75. The third kappa shape index (κ3) is 10.2. The molecule has 6 heteroatoms. The zero-order valence-electron chi connectivity index (χ0n) is 14.8. The van der Waals surface area contributed by atoms with E-state index in [9.17, 15) is 19.2 Å². The van der Waals surface area contributed by atoms with Crippen LogP contribution in [0, 0.1) is 0 Å². The Morgan fingerprint density at radius 2 is 1.60 bits per heavy atom. The SMILES string of the molecule is CC(=O)CCCOCC(=O)NCc1ccc(CC(=O)CC(C)=O)cc1. The minimum atomic E-state index is -0.219. The number of carbonyl (C=O) groups is 4. The van der Waals surface area contributed by atoms with E-state index in [2.05, 4.69) is 5.32 Å².